The average molecular weight is 344 g/mol. The largest absolute Gasteiger partial charge is 0.493 e. The third-order valence-corrected chi connectivity index (χ3v) is 3.56. The van der Waals surface area contributed by atoms with E-state index in [4.69, 9.17) is 18.9 Å². The lowest BCUT2D eigenvalue weighted by Crippen LogP contribution is -2.18. The number of rotatable bonds is 8. The Balaban J connectivity index is 2.17. The molecule has 0 spiro atoms. The first-order valence-corrected chi connectivity index (χ1v) is 8.17. The highest BCUT2D eigenvalue weighted by molar-refractivity contribution is 5.75. The Morgan fingerprint density at radius 3 is 2.04 bits per heavy atom. The van der Waals surface area contributed by atoms with Gasteiger partial charge in [0.2, 0.25) is 5.75 Å². The SMILES string of the molecule is COc1cccc(OC)c1OC(=O)C[C@H](OC(C)C)c1ccccc1. The molecule has 134 valence electrons. The molecule has 0 aliphatic rings. The van der Waals surface area contributed by atoms with Crippen LogP contribution in [0.2, 0.25) is 0 Å². The molecule has 0 saturated carbocycles. The van der Waals surface area contributed by atoms with Crippen molar-refractivity contribution in [3.8, 4) is 17.2 Å². The second-order valence-electron chi connectivity index (χ2n) is 5.75. The minimum absolute atomic E-state index is 0.0150. The number of para-hydroxylation sites is 1. The van der Waals surface area contributed by atoms with Crippen molar-refractivity contribution < 1.29 is 23.7 Å². The third kappa shape index (κ3) is 5.22. The van der Waals surface area contributed by atoms with E-state index in [1.807, 2.05) is 44.2 Å². The Morgan fingerprint density at radius 1 is 0.920 bits per heavy atom. The van der Waals surface area contributed by atoms with Crippen molar-refractivity contribution in [3.63, 3.8) is 0 Å². The Hall–Kier alpha value is -2.53. The number of esters is 1. The Labute approximate surface area is 148 Å². The van der Waals surface area contributed by atoms with Gasteiger partial charge in [-0.3, -0.25) is 4.79 Å². The van der Waals surface area contributed by atoms with E-state index in [-0.39, 0.29) is 24.4 Å². The summed E-state index contributed by atoms with van der Waals surface area (Å²) >= 11 is 0. The Morgan fingerprint density at radius 2 is 1.52 bits per heavy atom. The number of hydrogen-bond donors (Lipinski definition) is 0. The van der Waals surface area contributed by atoms with Crippen LogP contribution >= 0.6 is 0 Å². The van der Waals surface area contributed by atoms with Crippen molar-refractivity contribution in [2.75, 3.05) is 14.2 Å². The molecule has 0 fully saturated rings. The molecular formula is C20H24O5. The van der Waals surface area contributed by atoms with Crippen LogP contribution in [0.3, 0.4) is 0 Å². The molecule has 5 nitrogen and oxygen atoms in total. The fraction of sp³-hybridized carbons (Fsp3) is 0.350. The zero-order chi connectivity index (χ0) is 18.2. The van der Waals surface area contributed by atoms with E-state index in [0.717, 1.165) is 5.56 Å². The number of hydrogen-bond acceptors (Lipinski definition) is 5. The molecule has 25 heavy (non-hydrogen) atoms. The molecule has 2 aromatic rings. The van der Waals surface area contributed by atoms with Crippen molar-refractivity contribution in [1.82, 2.24) is 0 Å². The van der Waals surface area contributed by atoms with Crippen LogP contribution in [0.25, 0.3) is 0 Å². The van der Waals surface area contributed by atoms with Gasteiger partial charge in [-0.1, -0.05) is 36.4 Å². The van der Waals surface area contributed by atoms with Crippen LogP contribution in [-0.4, -0.2) is 26.3 Å². The summed E-state index contributed by atoms with van der Waals surface area (Å²) in [5, 5.41) is 0. The summed E-state index contributed by atoms with van der Waals surface area (Å²) in [7, 11) is 3.03. The maximum atomic E-state index is 12.5. The van der Waals surface area contributed by atoms with Crippen LogP contribution in [0.5, 0.6) is 17.2 Å². The van der Waals surface area contributed by atoms with Crippen molar-refractivity contribution >= 4 is 5.97 Å². The van der Waals surface area contributed by atoms with E-state index in [1.165, 1.54) is 14.2 Å². The quantitative estimate of drug-likeness (QED) is 0.531. The van der Waals surface area contributed by atoms with Gasteiger partial charge in [0, 0.05) is 0 Å². The molecule has 0 saturated heterocycles. The smallest absolute Gasteiger partial charge is 0.314 e. The lowest BCUT2D eigenvalue weighted by atomic mass is 10.1. The molecule has 2 rings (SSSR count). The number of carbonyl (C=O) groups is 1. The monoisotopic (exact) mass is 344 g/mol. The zero-order valence-corrected chi connectivity index (χ0v) is 15.0. The molecule has 0 heterocycles. The molecule has 0 bridgehead atoms. The van der Waals surface area contributed by atoms with Crippen molar-refractivity contribution in [2.24, 2.45) is 0 Å². The van der Waals surface area contributed by atoms with E-state index in [2.05, 4.69) is 0 Å². The predicted molar refractivity (Wildman–Crippen MR) is 95.2 cm³/mol. The normalized spacial score (nSPS) is 11.9. The Bertz CT molecular complexity index is 659. The van der Waals surface area contributed by atoms with Gasteiger partial charge in [0.25, 0.3) is 0 Å². The van der Waals surface area contributed by atoms with Gasteiger partial charge in [-0.25, -0.2) is 0 Å². The maximum absolute atomic E-state index is 12.5. The van der Waals surface area contributed by atoms with Gasteiger partial charge in [0.15, 0.2) is 11.5 Å². The van der Waals surface area contributed by atoms with Crippen LogP contribution in [0, 0.1) is 0 Å². The fourth-order valence-corrected chi connectivity index (χ4v) is 2.47. The molecule has 1 atom stereocenters. The minimum atomic E-state index is -0.419. The van der Waals surface area contributed by atoms with E-state index >= 15 is 0 Å². The van der Waals surface area contributed by atoms with Gasteiger partial charge >= 0.3 is 5.97 Å². The number of carbonyl (C=O) groups excluding carboxylic acids is 1. The molecule has 0 unspecified atom stereocenters. The van der Waals surface area contributed by atoms with Crippen molar-refractivity contribution in [2.45, 2.75) is 32.5 Å². The first-order valence-electron chi connectivity index (χ1n) is 8.17. The molecule has 0 aliphatic carbocycles. The van der Waals surface area contributed by atoms with Crippen LogP contribution in [-0.2, 0) is 9.53 Å². The van der Waals surface area contributed by atoms with Crippen LogP contribution in [0.4, 0.5) is 0 Å². The van der Waals surface area contributed by atoms with Gasteiger partial charge < -0.3 is 18.9 Å². The third-order valence-electron chi connectivity index (χ3n) is 3.56. The molecular weight excluding hydrogens is 320 g/mol. The van der Waals surface area contributed by atoms with Gasteiger partial charge in [-0.05, 0) is 31.5 Å². The predicted octanol–water partition coefficient (Wildman–Crippen LogP) is 4.17. The van der Waals surface area contributed by atoms with Gasteiger partial charge in [-0.2, -0.15) is 0 Å². The van der Waals surface area contributed by atoms with Crippen LogP contribution in [0.1, 0.15) is 31.9 Å². The molecule has 0 aromatic heterocycles. The van der Waals surface area contributed by atoms with Crippen LogP contribution in [0.15, 0.2) is 48.5 Å². The van der Waals surface area contributed by atoms with E-state index in [9.17, 15) is 4.79 Å². The van der Waals surface area contributed by atoms with Crippen molar-refractivity contribution in [1.29, 1.82) is 0 Å². The van der Waals surface area contributed by atoms with Gasteiger partial charge in [-0.15, -0.1) is 0 Å². The second kappa shape index (κ2) is 9.08. The summed E-state index contributed by atoms with van der Waals surface area (Å²) in [6, 6.07) is 14.8. The highest BCUT2D eigenvalue weighted by atomic mass is 16.6. The van der Waals surface area contributed by atoms with Gasteiger partial charge in [0.1, 0.15) is 0 Å². The highest BCUT2D eigenvalue weighted by Gasteiger charge is 2.22. The standard InChI is InChI=1S/C20H24O5/c1-14(2)24-18(15-9-6-5-7-10-15)13-19(21)25-20-16(22-3)11-8-12-17(20)23-4/h5-12,14,18H,13H2,1-4H3/t18-/m0/s1. The highest BCUT2D eigenvalue weighted by Crippen LogP contribution is 2.37. The minimum Gasteiger partial charge on any atom is -0.493 e. The molecule has 0 radical (unpaired) electrons. The van der Waals surface area contributed by atoms with Crippen molar-refractivity contribution in [3.05, 3.63) is 54.1 Å². The van der Waals surface area contributed by atoms with E-state index in [1.54, 1.807) is 18.2 Å². The lowest BCUT2D eigenvalue weighted by Gasteiger charge is -2.20. The first-order chi connectivity index (χ1) is 12.0. The Kier molecular flexibility index (Phi) is 6.83. The summed E-state index contributed by atoms with van der Waals surface area (Å²) in [6.45, 7) is 3.87. The molecule has 0 N–H and O–H groups in total. The molecule has 2 aromatic carbocycles. The van der Waals surface area contributed by atoms with E-state index < -0.39 is 5.97 Å². The van der Waals surface area contributed by atoms with E-state index in [0.29, 0.717) is 11.5 Å². The summed E-state index contributed by atoms with van der Waals surface area (Å²) in [6.07, 6.45) is -0.308. The zero-order valence-electron chi connectivity index (χ0n) is 15.0. The number of benzene rings is 2. The number of ether oxygens (including phenoxy) is 4. The average Bonchev–Trinajstić information content (AvgIpc) is 2.61. The summed E-state index contributed by atoms with van der Waals surface area (Å²) < 4.78 is 21.9. The number of methoxy groups -OCH3 is 2. The molecule has 0 aliphatic heterocycles. The summed E-state index contributed by atoms with van der Waals surface area (Å²) in [5.74, 6) is 0.730. The second-order valence-corrected chi connectivity index (χ2v) is 5.75. The maximum Gasteiger partial charge on any atom is 0.314 e. The lowest BCUT2D eigenvalue weighted by molar-refractivity contribution is -0.138. The first kappa shape index (κ1) is 18.8. The summed E-state index contributed by atoms with van der Waals surface area (Å²) in [4.78, 5) is 12.5. The topological polar surface area (TPSA) is 54.0 Å². The van der Waals surface area contributed by atoms with Crippen LogP contribution < -0.4 is 14.2 Å². The summed E-state index contributed by atoms with van der Waals surface area (Å²) in [5.41, 5.74) is 0.931. The fourth-order valence-electron chi connectivity index (χ4n) is 2.47. The molecule has 0 amide bonds. The molecule has 5 heteroatoms. The van der Waals surface area contributed by atoms with Gasteiger partial charge in [0.05, 0.1) is 32.8 Å².